The van der Waals surface area contributed by atoms with Gasteiger partial charge in [-0.15, -0.1) is 0 Å². The molecule has 1 aliphatic rings. The molecule has 2 N–H and O–H groups in total. The monoisotopic (exact) mass is 422 g/mol. The van der Waals surface area contributed by atoms with Crippen LogP contribution in [0.5, 0.6) is 0 Å². The fourth-order valence-electron chi connectivity index (χ4n) is 3.57. The van der Waals surface area contributed by atoms with E-state index in [0.717, 1.165) is 44.6 Å². The Morgan fingerprint density at radius 3 is 2.55 bits per heavy atom. The molecule has 1 amide bonds. The highest BCUT2D eigenvalue weighted by Crippen LogP contribution is 2.13. The summed E-state index contributed by atoms with van der Waals surface area (Å²) in [7, 11) is 3.50. The van der Waals surface area contributed by atoms with Crippen LogP contribution in [0.2, 0.25) is 0 Å². The van der Waals surface area contributed by atoms with E-state index in [4.69, 9.17) is 0 Å². The molecular formula is C24H34N6O. The number of amides is 1. The van der Waals surface area contributed by atoms with Crippen molar-refractivity contribution >= 4 is 11.9 Å². The molecule has 0 atom stereocenters. The summed E-state index contributed by atoms with van der Waals surface area (Å²) in [5, 5.41) is 6.92. The summed E-state index contributed by atoms with van der Waals surface area (Å²) in [5.74, 6) is 0.691. The van der Waals surface area contributed by atoms with Gasteiger partial charge in [-0.25, -0.2) is 4.99 Å². The van der Waals surface area contributed by atoms with Gasteiger partial charge >= 0.3 is 0 Å². The number of carbonyl (C=O) groups excluding carboxylic acids is 1. The summed E-state index contributed by atoms with van der Waals surface area (Å²) in [6, 6.07) is 16.9. The van der Waals surface area contributed by atoms with Crippen LogP contribution in [0.1, 0.15) is 24.1 Å². The van der Waals surface area contributed by atoms with Gasteiger partial charge in [0.2, 0.25) is 5.91 Å². The highest BCUT2D eigenvalue weighted by molar-refractivity contribution is 5.84. The number of rotatable bonds is 8. The minimum Gasteiger partial charge on any atom is -0.356 e. The number of benzene rings is 1. The Kier molecular flexibility index (Phi) is 8.84. The second-order valence-electron chi connectivity index (χ2n) is 8.13. The number of aromatic nitrogens is 1. The third-order valence-corrected chi connectivity index (χ3v) is 5.45. The van der Waals surface area contributed by atoms with E-state index in [1.165, 1.54) is 5.56 Å². The quantitative estimate of drug-likeness (QED) is 0.502. The minimum absolute atomic E-state index is 0.0106. The van der Waals surface area contributed by atoms with Gasteiger partial charge in [0, 0.05) is 64.6 Å². The molecule has 31 heavy (non-hydrogen) atoms. The summed E-state index contributed by atoms with van der Waals surface area (Å²) in [4.78, 5) is 24.9. The Labute approximate surface area is 185 Å². The highest BCUT2D eigenvalue weighted by atomic mass is 16.2. The van der Waals surface area contributed by atoms with E-state index in [1.807, 2.05) is 24.4 Å². The van der Waals surface area contributed by atoms with Crippen molar-refractivity contribution in [1.29, 1.82) is 0 Å². The number of hydrogen-bond acceptors (Lipinski definition) is 4. The van der Waals surface area contributed by atoms with Crippen molar-refractivity contribution in [3.63, 3.8) is 0 Å². The summed E-state index contributed by atoms with van der Waals surface area (Å²) >= 11 is 0. The number of likely N-dealkylation sites (tertiary alicyclic amines) is 1. The number of nitrogens with zero attached hydrogens (tertiary/aromatic N) is 4. The van der Waals surface area contributed by atoms with Crippen molar-refractivity contribution in [3.8, 4) is 0 Å². The topological polar surface area (TPSA) is 72.9 Å². The summed E-state index contributed by atoms with van der Waals surface area (Å²) < 4.78 is 0. The normalized spacial score (nSPS) is 15.5. The van der Waals surface area contributed by atoms with E-state index in [9.17, 15) is 4.79 Å². The molecule has 0 bridgehead atoms. The molecule has 0 saturated carbocycles. The zero-order chi connectivity index (χ0) is 21.9. The van der Waals surface area contributed by atoms with Crippen molar-refractivity contribution in [3.05, 3.63) is 66.0 Å². The molecule has 2 heterocycles. The van der Waals surface area contributed by atoms with E-state index in [2.05, 4.69) is 55.8 Å². The van der Waals surface area contributed by atoms with Gasteiger partial charge in [-0.2, -0.15) is 0 Å². The standard InChI is InChI=1S/C24H34N6O/c1-29(2)23(31)18-27-24(26-15-11-21-10-6-7-14-25-21)28-22-12-16-30(17-13-22)19-20-8-4-3-5-9-20/h3-10,14,22H,11-13,15-19H2,1-2H3,(H2,26,27,28). The first-order chi connectivity index (χ1) is 15.1. The molecule has 1 aromatic heterocycles. The van der Waals surface area contributed by atoms with Crippen LogP contribution in [0.15, 0.2) is 59.7 Å². The number of hydrogen-bond donors (Lipinski definition) is 2. The van der Waals surface area contributed by atoms with E-state index in [0.29, 0.717) is 18.5 Å². The lowest BCUT2D eigenvalue weighted by molar-refractivity contribution is -0.127. The number of likely N-dealkylation sites (N-methyl/N-ethyl adjacent to an activating group) is 1. The van der Waals surface area contributed by atoms with Crippen LogP contribution in [0, 0.1) is 0 Å². The van der Waals surface area contributed by atoms with Crippen LogP contribution < -0.4 is 10.6 Å². The second-order valence-corrected chi connectivity index (χ2v) is 8.13. The van der Waals surface area contributed by atoms with Gasteiger partial charge in [0.1, 0.15) is 6.54 Å². The smallest absolute Gasteiger partial charge is 0.243 e. The molecule has 2 aromatic rings. The molecule has 0 aliphatic carbocycles. The zero-order valence-electron chi connectivity index (χ0n) is 18.6. The Morgan fingerprint density at radius 1 is 1.13 bits per heavy atom. The third-order valence-electron chi connectivity index (χ3n) is 5.45. The predicted molar refractivity (Wildman–Crippen MR) is 125 cm³/mol. The van der Waals surface area contributed by atoms with Gasteiger partial charge in [-0.05, 0) is 30.5 Å². The first kappa shape index (κ1) is 22.7. The maximum absolute atomic E-state index is 12.0. The average Bonchev–Trinajstić information content (AvgIpc) is 2.79. The molecule has 0 spiro atoms. The summed E-state index contributed by atoms with van der Waals surface area (Å²) in [5.41, 5.74) is 2.39. The molecule has 0 radical (unpaired) electrons. The van der Waals surface area contributed by atoms with Gasteiger partial charge in [0.05, 0.1) is 0 Å². The van der Waals surface area contributed by atoms with Gasteiger partial charge in [0.25, 0.3) is 0 Å². The van der Waals surface area contributed by atoms with Crippen molar-refractivity contribution in [2.45, 2.75) is 31.8 Å². The molecule has 7 heteroatoms. The van der Waals surface area contributed by atoms with Gasteiger partial charge in [-0.3, -0.25) is 14.7 Å². The fraction of sp³-hybridized carbons (Fsp3) is 0.458. The number of piperidine rings is 1. The molecule has 1 saturated heterocycles. The van der Waals surface area contributed by atoms with E-state index < -0.39 is 0 Å². The Hall–Kier alpha value is -2.93. The number of nitrogens with one attached hydrogen (secondary N) is 2. The lowest BCUT2D eigenvalue weighted by atomic mass is 10.0. The molecule has 1 fully saturated rings. The molecule has 1 aromatic carbocycles. The van der Waals surface area contributed by atoms with Crippen LogP contribution >= 0.6 is 0 Å². The number of pyridine rings is 1. The number of guanidine groups is 1. The summed E-state index contributed by atoms with van der Waals surface area (Å²) in [6.07, 6.45) is 4.71. The Bertz CT molecular complexity index is 816. The average molecular weight is 423 g/mol. The van der Waals surface area contributed by atoms with E-state index >= 15 is 0 Å². The van der Waals surface area contributed by atoms with Crippen LogP contribution in [-0.2, 0) is 17.8 Å². The molecule has 166 valence electrons. The first-order valence-corrected chi connectivity index (χ1v) is 11.0. The Morgan fingerprint density at radius 2 is 1.87 bits per heavy atom. The second kappa shape index (κ2) is 12.1. The number of aliphatic imine (C=N–C) groups is 1. The van der Waals surface area contributed by atoms with E-state index in [-0.39, 0.29) is 12.5 Å². The Balaban J connectivity index is 1.50. The van der Waals surface area contributed by atoms with E-state index in [1.54, 1.807) is 19.0 Å². The van der Waals surface area contributed by atoms with Crippen molar-refractivity contribution < 1.29 is 4.79 Å². The fourth-order valence-corrected chi connectivity index (χ4v) is 3.57. The van der Waals surface area contributed by atoms with Crippen molar-refractivity contribution in [2.24, 2.45) is 4.99 Å². The van der Waals surface area contributed by atoms with Crippen molar-refractivity contribution in [2.75, 3.05) is 40.3 Å². The van der Waals surface area contributed by atoms with Gasteiger partial charge < -0.3 is 15.5 Å². The maximum atomic E-state index is 12.0. The van der Waals surface area contributed by atoms with Gasteiger partial charge in [0.15, 0.2) is 5.96 Å². The molecular weight excluding hydrogens is 388 g/mol. The third kappa shape index (κ3) is 8.02. The van der Waals surface area contributed by atoms with Crippen LogP contribution in [0.3, 0.4) is 0 Å². The summed E-state index contributed by atoms with van der Waals surface area (Å²) in [6.45, 7) is 3.94. The van der Waals surface area contributed by atoms with Gasteiger partial charge in [-0.1, -0.05) is 36.4 Å². The lowest BCUT2D eigenvalue weighted by Gasteiger charge is -2.33. The highest BCUT2D eigenvalue weighted by Gasteiger charge is 2.20. The van der Waals surface area contributed by atoms with Crippen LogP contribution in [0.25, 0.3) is 0 Å². The SMILES string of the molecule is CN(C)C(=O)CN=C(NCCc1ccccn1)NC1CCN(Cc2ccccc2)CC1. The first-order valence-electron chi connectivity index (χ1n) is 11.0. The zero-order valence-corrected chi connectivity index (χ0v) is 18.6. The molecule has 1 aliphatic heterocycles. The molecule has 3 rings (SSSR count). The minimum atomic E-state index is -0.0106. The van der Waals surface area contributed by atoms with Crippen LogP contribution in [0.4, 0.5) is 0 Å². The maximum Gasteiger partial charge on any atom is 0.243 e. The largest absolute Gasteiger partial charge is 0.356 e. The molecule has 7 nitrogen and oxygen atoms in total. The molecule has 0 unspecified atom stereocenters. The van der Waals surface area contributed by atoms with Crippen LogP contribution in [-0.4, -0.2) is 73.0 Å². The van der Waals surface area contributed by atoms with Crippen molar-refractivity contribution in [1.82, 2.24) is 25.4 Å². The number of carbonyl (C=O) groups is 1. The lowest BCUT2D eigenvalue weighted by Crippen LogP contribution is -2.49. The predicted octanol–water partition coefficient (Wildman–Crippen LogP) is 1.91.